The number of hydrogen-bond donors (Lipinski definition) is 1. The van der Waals surface area contributed by atoms with Crippen LogP contribution in [-0.2, 0) is 4.74 Å². The summed E-state index contributed by atoms with van der Waals surface area (Å²) in [4.78, 5) is 13.0. The third-order valence-corrected chi connectivity index (χ3v) is 6.78. The number of rotatable bonds is 13. The zero-order valence-electron chi connectivity index (χ0n) is 21.2. The molecule has 0 bridgehead atoms. The van der Waals surface area contributed by atoms with Gasteiger partial charge < -0.3 is 14.6 Å². The SMILES string of the molecule is COC(=O)c1cc(OCCCCCCCCCCO)c2ccccc2c1-c1cccc2ccccc12. The molecule has 0 aliphatic heterocycles. The van der Waals surface area contributed by atoms with Gasteiger partial charge in [0.05, 0.1) is 19.3 Å². The maximum atomic E-state index is 13.0. The van der Waals surface area contributed by atoms with Gasteiger partial charge in [0, 0.05) is 17.6 Å². The monoisotopic (exact) mass is 484 g/mol. The molecule has 4 nitrogen and oxygen atoms in total. The number of hydrogen-bond acceptors (Lipinski definition) is 4. The Morgan fingerprint density at radius 2 is 1.33 bits per heavy atom. The Morgan fingerprint density at radius 3 is 2.06 bits per heavy atom. The number of methoxy groups -OCH3 is 1. The van der Waals surface area contributed by atoms with Gasteiger partial charge in [0.25, 0.3) is 0 Å². The molecule has 0 aliphatic carbocycles. The number of carbonyl (C=O) groups is 1. The van der Waals surface area contributed by atoms with Crippen molar-refractivity contribution in [3.05, 3.63) is 78.4 Å². The molecule has 0 saturated heterocycles. The number of fused-ring (bicyclic) bond motifs is 2. The average Bonchev–Trinajstić information content (AvgIpc) is 2.93. The number of esters is 1. The zero-order chi connectivity index (χ0) is 25.2. The van der Waals surface area contributed by atoms with E-state index in [2.05, 4.69) is 36.4 Å². The van der Waals surface area contributed by atoms with Crippen LogP contribution in [0.25, 0.3) is 32.7 Å². The third-order valence-electron chi connectivity index (χ3n) is 6.78. The highest BCUT2D eigenvalue weighted by atomic mass is 16.5. The molecule has 4 aromatic carbocycles. The first-order chi connectivity index (χ1) is 17.7. The highest BCUT2D eigenvalue weighted by molar-refractivity contribution is 6.14. The molecule has 0 aliphatic rings. The summed E-state index contributed by atoms with van der Waals surface area (Å²) in [5, 5.41) is 13.1. The normalized spacial score (nSPS) is 11.2. The quantitative estimate of drug-likeness (QED) is 0.155. The first-order valence-electron chi connectivity index (χ1n) is 13.1. The predicted octanol–water partition coefficient (Wildman–Crippen LogP) is 7.94. The van der Waals surface area contributed by atoms with E-state index in [-0.39, 0.29) is 5.97 Å². The van der Waals surface area contributed by atoms with Crippen LogP contribution in [-0.4, -0.2) is 31.4 Å². The Labute approximate surface area is 213 Å². The van der Waals surface area contributed by atoms with Gasteiger partial charge in [0.1, 0.15) is 5.75 Å². The van der Waals surface area contributed by atoms with Gasteiger partial charge in [-0.05, 0) is 40.6 Å². The topological polar surface area (TPSA) is 55.8 Å². The van der Waals surface area contributed by atoms with Crippen LogP contribution >= 0.6 is 0 Å². The van der Waals surface area contributed by atoms with Crippen molar-refractivity contribution >= 4 is 27.5 Å². The Bertz CT molecular complexity index is 1290. The summed E-state index contributed by atoms with van der Waals surface area (Å²) in [5.41, 5.74) is 2.41. The van der Waals surface area contributed by atoms with Crippen LogP contribution in [0, 0.1) is 0 Å². The molecule has 0 saturated carbocycles. The van der Waals surface area contributed by atoms with Crippen LogP contribution in [0.1, 0.15) is 61.7 Å². The summed E-state index contributed by atoms with van der Waals surface area (Å²) in [6, 6.07) is 24.4. The summed E-state index contributed by atoms with van der Waals surface area (Å²) in [7, 11) is 1.43. The minimum Gasteiger partial charge on any atom is -0.493 e. The van der Waals surface area contributed by atoms with Gasteiger partial charge >= 0.3 is 5.97 Å². The fourth-order valence-electron chi connectivity index (χ4n) is 4.92. The molecule has 0 heterocycles. The number of benzene rings is 4. The molecule has 4 rings (SSSR count). The van der Waals surface area contributed by atoms with E-state index in [1.807, 2.05) is 36.4 Å². The van der Waals surface area contributed by atoms with E-state index < -0.39 is 0 Å². The Balaban J connectivity index is 1.57. The van der Waals surface area contributed by atoms with Crippen molar-refractivity contribution in [1.82, 2.24) is 0 Å². The van der Waals surface area contributed by atoms with Crippen LogP contribution < -0.4 is 4.74 Å². The number of unbranched alkanes of at least 4 members (excludes halogenated alkanes) is 7. The Hall–Kier alpha value is -3.37. The van der Waals surface area contributed by atoms with Crippen LogP contribution in [0.15, 0.2) is 72.8 Å². The molecule has 0 fully saturated rings. The Kier molecular flexibility index (Phi) is 9.34. The molecule has 4 heteroatoms. The van der Waals surface area contributed by atoms with Crippen molar-refractivity contribution in [2.45, 2.75) is 51.4 Å². The van der Waals surface area contributed by atoms with Crippen LogP contribution in [0.5, 0.6) is 5.75 Å². The van der Waals surface area contributed by atoms with Gasteiger partial charge in [-0.15, -0.1) is 0 Å². The summed E-state index contributed by atoms with van der Waals surface area (Å²) < 4.78 is 11.5. The van der Waals surface area contributed by atoms with E-state index >= 15 is 0 Å². The molecule has 4 aromatic rings. The highest BCUT2D eigenvalue weighted by Crippen LogP contribution is 2.41. The third kappa shape index (κ3) is 6.06. The van der Waals surface area contributed by atoms with Gasteiger partial charge in [-0.25, -0.2) is 4.79 Å². The van der Waals surface area contributed by atoms with Crippen LogP contribution in [0.3, 0.4) is 0 Å². The molecule has 36 heavy (non-hydrogen) atoms. The van der Waals surface area contributed by atoms with Crippen molar-refractivity contribution < 1.29 is 19.4 Å². The largest absolute Gasteiger partial charge is 0.493 e. The molecule has 0 atom stereocenters. The molecule has 1 N–H and O–H groups in total. The Morgan fingerprint density at radius 1 is 0.722 bits per heavy atom. The highest BCUT2D eigenvalue weighted by Gasteiger charge is 2.21. The van der Waals surface area contributed by atoms with Crippen LogP contribution in [0.2, 0.25) is 0 Å². The van der Waals surface area contributed by atoms with E-state index in [0.717, 1.165) is 64.1 Å². The lowest BCUT2D eigenvalue weighted by atomic mass is 9.89. The second kappa shape index (κ2) is 13.1. The molecule has 0 spiro atoms. The maximum absolute atomic E-state index is 13.0. The molecular weight excluding hydrogens is 448 g/mol. The molecule has 0 amide bonds. The molecule has 0 aromatic heterocycles. The molecule has 0 unspecified atom stereocenters. The van der Waals surface area contributed by atoms with Gasteiger partial charge in [0.2, 0.25) is 0 Å². The van der Waals surface area contributed by atoms with Gasteiger partial charge in [0.15, 0.2) is 0 Å². The fraction of sp³-hybridized carbons (Fsp3) is 0.344. The smallest absolute Gasteiger partial charge is 0.338 e. The van der Waals surface area contributed by atoms with Crippen molar-refractivity contribution in [2.24, 2.45) is 0 Å². The minimum atomic E-state index is -0.366. The molecule has 188 valence electrons. The van der Waals surface area contributed by atoms with E-state index in [1.165, 1.54) is 32.8 Å². The number of ether oxygens (including phenoxy) is 2. The van der Waals surface area contributed by atoms with Crippen molar-refractivity contribution in [3.8, 4) is 16.9 Å². The van der Waals surface area contributed by atoms with Crippen LogP contribution in [0.4, 0.5) is 0 Å². The van der Waals surface area contributed by atoms with Gasteiger partial charge in [-0.3, -0.25) is 0 Å². The van der Waals surface area contributed by atoms with E-state index in [9.17, 15) is 4.79 Å². The number of aliphatic hydroxyl groups is 1. The van der Waals surface area contributed by atoms with E-state index in [1.54, 1.807) is 0 Å². The summed E-state index contributed by atoms with van der Waals surface area (Å²) in [6.07, 6.45) is 8.96. The standard InChI is InChI=1S/C32H36O4/c1-35-32(34)29-23-30(36-22-13-7-5-3-2-4-6-12-21-33)26-18-10-11-19-28(26)31(29)27-20-14-16-24-15-8-9-17-25(24)27/h8-11,14-20,23,33H,2-7,12-13,21-22H2,1H3. The van der Waals surface area contributed by atoms with Gasteiger partial charge in [-0.1, -0.05) is 105 Å². The maximum Gasteiger partial charge on any atom is 0.338 e. The number of aliphatic hydroxyl groups excluding tert-OH is 1. The van der Waals surface area contributed by atoms with Crippen molar-refractivity contribution in [1.29, 1.82) is 0 Å². The lowest BCUT2D eigenvalue weighted by Crippen LogP contribution is -2.07. The van der Waals surface area contributed by atoms with E-state index in [0.29, 0.717) is 18.8 Å². The summed E-state index contributed by atoms with van der Waals surface area (Å²) in [6.45, 7) is 0.912. The average molecular weight is 485 g/mol. The predicted molar refractivity (Wildman–Crippen MR) is 148 cm³/mol. The van der Waals surface area contributed by atoms with Crippen molar-refractivity contribution in [3.63, 3.8) is 0 Å². The first-order valence-corrected chi connectivity index (χ1v) is 13.1. The van der Waals surface area contributed by atoms with E-state index in [4.69, 9.17) is 14.6 Å². The molecule has 0 radical (unpaired) electrons. The van der Waals surface area contributed by atoms with Crippen molar-refractivity contribution in [2.75, 3.05) is 20.3 Å². The summed E-state index contributed by atoms with van der Waals surface area (Å²) >= 11 is 0. The fourth-order valence-corrected chi connectivity index (χ4v) is 4.92. The van der Waals surface area contributed by atoms with Gasteiger partial charge in [-0.2, -0.15) is 0 Å². The summed E-state index contributed by atoms with van der Waals surface area (Å²) in [5.74, 6) is 0.355. The second-order valence-corrected chi connectivity index (χ2v) is 9.26. The minimum absolute atomic E-state index is 0.298. The lowest BCUT2D eigenvalue weighted by molar-refractivity contribution is 0.0601. The second-order valence-electron chi connectivity index (χ2n) is 9.26. The first kappa shape index (κ1) is 25.7. The lowest BCUT2D eigenvalue weighted by Gasteiger charge is -2.18. The number of carbonyl (C=O) groups excluding carboxylic acids is 1. The zero-order valence-corrected chi connectivity index (χ0v) is 21.2. The molecular formula is C32H36O4.